The summed E-state index contributed by atoms with van der Waals surface area (Å²) in [6.07, 6.45) is 1.87. The zero-order valence-electron chi connectivity index (χ0n) is 10.7. The summed E-state index contributed by atoms with van der Waals surface area (Å²) in [5.74, 6) is 0. The van der Waals surface area contributed by atoms with Crippen LogP contribution in [0, 0.1) is 13.8 Å². The summed E-state index contributed by atoms with van der Waals surface area (Å²) >= 11 is 0. The summed E-state index contributed by atoms with van der Waals surface area (Å²) in [5.41, 5.74) is 3.75. The van der Waals surface area contributed by atoms with Crippen molar-refractivity contribution in [2.24, 2.45) is 0 Å². The van der Waals surface area contributed by atoms with Gasteiger partial charge < -0.3 is 0 Å². The Kier molecular flexibility index (Phi) is 6.43. The van der Waals surface area contributed by atoms with Crippen molar-refractivity contribution in [2.75, 3.05) is 0 Å². The van der Waals surface area contributed by atoms with Crippen molar-refractivity contribution in [2.45, 2.75) is 41.5 Å². The molecule has 1 aromatic carbocycles. The van der Waals surface area contributed by atoms with Crippen molar-refractivity contribution in [3.8, 4) is 0 Å². The second kappa shape index (κ2) is 7.04. The second-order valence-corrected chi connectivity index (χ2v) is 2.84. The van der Waals surface area contributed by atoms with Crippen LogP contribution in [0.1, 0.15) is 38.8 Å². The van der Waals surface area contributed by atoms with Gasteiger partial charge in [0, 0.05) is 5.39 Å². The number of hydrogen-bond donors (Lipinski definition) is 1. The van der Waals surface area contributed by atoms with E-state index in [1.807, 2.05) is 33.9 Å². The maximum atomic E-state index is 3.98. The van der Waals surface area contributed by atoms with Crippen molar-refractivity contribution in [3.05, 3.63) is 29.5 Å². The van der Waals surface area contributed by atoms with E-state index in [-0.39, 0.29) is 0 Å². The largest absolute Gasteiger partial charge is 0.278 e. The maximum Gasteiger partial charge on any atom is 0.0653 e. The summed E-state index contributed by atoms with van der Waals surface area (Å²) in [5, 5.41) is 8.14. The molecule has 0 fully saturated rings. The Hall–Kier alpha value is -1.31. The van der Waals surface area contributed by atoms with Crippen molar-refractivity contribution in [1.29, 1.82) is 0 Å². The zero-order chi connectivity index (χ0) is 11.8. The number of nitrogens with zero attached hydrogens (tertiary/aromatic N) is 1. The lowest BCUT2D eigenvalue weighted by molar-refractivity contribution is 1.12. The molecule has 0 aliphatic heterocycles. The lowest BCUT2D eigenvalue weighted by Crippen LogP contribution is -1.79. The molecule has 0 atom stereocenters. The topological polar surface area (TPSA) is 28.7 Å². The highest BCUT2D eigenvalue weighted by Crippen LogP contribution is 2.18. The molecule has 0 saturated carbocycles. The molecule has 0 aliphatic rings. The van der Waals surface area contributed by atoms with Crippen LogP contribution >= 0.6 is 0 Å². The van der Waals surface area contributed by atoms with Crippen molar-refractivity contribution >= 4 is 10.9 Å². The highest BCUT2D eigenvalue weighted by atomic mass is 15.1. The summed E-state index contributed by atoms with van der Waals surface area (Å²) < 4.78 is 0. The van der Waals surface area contributed by atoms with Crippen LogP contribution in [0.2, 0.25) is 0 Å². The number of aromatic amines is 1. The predicted molar refractivity (Wildman–Crippen MR) is 68.3 cm³/mol. The van der Waals surface area contributed by atoms with Gasteiger partial charge in [-0.3, -0.25) is 5.10 Å². The molecule has 2 nitrogen and oxygen atoms in total. The molecule has 0 spiro atoms. The highest BCUT2D eigenvalue weighted by Gasteiger charge is 1.99. The minimum Gasteiger partial charge on any atom is -0.278 e. The van der Waals surface area contributed by atoms with E-state index >= 15 is 0 Å². The fourth-order valence-corrected chi connectivity index (χ4v) is 1.27. The molecule has 0 bridgehead atoms. The first-order valence-electron chi connectivity index (χ1n) is 5.68. The SMILES string of the molecule is CC.CC.Cc1ccc2[nH]ncc2c1C. The Labute approximate surface area is 92.7 Å². The van der Waals surface area contributed by atoms with Gasteiger partial charge in [-0.15, -0.1) is 0 Å². The zero-order valence-corrected chi connectivity index (χ0v) is 10.7. The standard InChI is InChI=1S/C9H10N2.2C2H6/c1-6-3-4-9-8(7(6)2)5-10-11-9;2*1-2/h3-5H,1-2H3,(H,10,11);2*1-2H3. The normalized spacial score (nSPS) is 8.67. The lowest BCUT2D eigenvalue weighted by atomic mass is 10.1. The number of aryl methyl sites for hydroxylation is 2. The Morgan fingerprint density at radius 1 is 1.00 bits per heavy atom. The third kappa shape index (κ3) is 3.08. The first-order chi connectivity index (χ1) is 7.29. The minimum atomic E-state index is 1.12. The van der Waals surface area contributed by atoms with Gasteiger partial charge in [-0.2, -0.15) is 5.10 Å². The van der Waals surface area contributed by atoms with Crippen LogP contribution in [-0.2, 0) is 0 Å². The Morgan fingerprint density at radius 2 is 1.60 bits per heavy atom. The van der Waals surface area contributed by atoms with E-state index in [9.17, 15) is 0 Å². The first-order valence-corrected chi connectivity index (χ1v) is 5.68. The van der Waals surface area contributed by atoms with Gasteiger partial charge >= 0.3 is 0 Å². The Balaban J connectivity index is 0.000000442. The fraction of sp³-hybridized carbons (Fsp3) is 0.462. The molecule has 0 unspecified atom stereocenters. The van der Waals surface area contributed by atoms with Crippen molar-refractivity contribution in [3.63, 3.8) is 0 Å². The van der Waals surface area contributed by atoms with Gasteiger partial charge in [0.05, 0.1) is 11.7 Å². The second-order valence-electron chi connectivity index (χ2n) is 2.84. The fourth-order valence-electron chi connectivity index (χ4n) is 1.27. The number of H-pyrrole nitrogens is 1. The quantitative estimate of drug-likeness (QED) is 0.686. The molecule has 0 saturated heterocycles. The van der Waals surface area contributed by atoms with Crippen molar-refractivity contribution in [1.82, 2.24) is 10.2 Å². The van der Waals surface area contributed by atoms with Crippen LogP contribution in [0.4, 0.5) is 0 Å². The summed E-state index contributed by atoms with van der Waals surface area (Å²) in [6.45, 7) is 12.2. The van der Waals surface area contributed by atoms with E-state index in [4.69, 9.17) is 0 Å². The number of rotatable bonds is 0. The average molecular weight is 206 g/mol. The lowest BCUT2D eigenvalue weighted by Gasteiger charge is -1.98. The third-order valence-electron chi connectivity index (χ3n) is 2.16. The molecule has 1 aromatic heterocycles. The molecule has 2 rings (SSSR count). The summed E-state index contributed by atoms with van der Waals surface area (Å²) in [6, 6.07) is 4.17. The third-order valence-corrected chi connectivity index (χ3v) is 2.16. The molecule has 2 heteroatoms. The van der Waals surface area contributed by atoms with E-state index in [2.05, 4.69) is 36.2 Å². The number of benzene rings is 1. The molecule has 1 heterocycles. The molecule has 84 valence electrons. The van der Waals surface area contributed by atoms with E-state index in [0.29, 0.717) is 0 Å². The van der Waals surface area contributed by atoms with E-state index < -0.39 is 0 Å². The van der Waals surface area contributed by atoms with Crippen LogP contribution in [0.5, 0.6) is 0 Å². The number of nitrogens with one attached hydrogen (secondary N) is 1. The van der Waals surface area contributed by atoms with Crippen LogP contribution in [0.3, 0.4) is 0 Å². The molecule has 0 aliphatic carbocycles. The molecule has 1 N–H and O–H groups in total. The van der Waals surface area contributed by atoms with Gasteiger partial charge in [-0.05, 0) is 31.0 Å². The molecule has 0 amide bonds. The number of hydrogen-bond acceptors (Lipinski definition) is 1. The van der Waals surface area contributed by atoms with Crippen LogP contribution in [-0.4, -0.2) is 10.2 Å². The average Bonchev–Trinajstić information content (AvgIpc) is 2.78. The monoisotopic (exact) mass is 206 g/mol. The van der Waals surface area contributed by atoms with E-state index in [1.165, 1.54) is 16.5 Å². The predicted octanol–water partition coefficient (Wildman–Crippen LogP) is 4.23. The minimum absolute atomic E-state index is 1.12. The number of aromatic nitrogens is 2. The van der Waals surface area contributed by atoms with Crippen LogP contribution < -0.4 is 0 Å². The number of fused-ring (bicyclic) bond motifs is 1. The highest BCUT2D eigenvalue weighted by molar-refractivity contribution is 5.82. The molecular formula is C13H22N2. The van der Waals surface area contributed by atoms with Gasteiger partial charge in [0.15, 0.2) is 0 Å². The molecular weight excluding hydrogens is 184 g/mol. The van der Waals surface area contributed by atoms with Gasteiger partial charge in [0.2, 0.25) is 0 Å². The summed E-state index contributed by atoms with van der Waals surface area (Å²) in [4.78, 5) is 0. The van der Waals surface area contributed by atoms with E-state index in [1.54, 1.807) is 0 Å². The van der Waals surface area contributed by atoms with Crippen LogP contribution in [0.25, 0.3) is 10.9 Å². The Morgan fingerprint density at radius 3 is 2.20 bits per heavy atom. The Bertz CT molecular complexity index is 388. The molecule has 15 heavy (non-hydrogen) atoms. The van der Waals surface area contributed by atoms with Gasteiger partial charge in [0.25, 0.3) is 0 Å². The van der Waals surface area contributed by atoms with Gasteiger partial charge in [-0.1, -0.05) is 33.8 Å². The smallest absolute Gasteiger partial charge is 0.0653 e. The van der Waals surface area contributed by atoms with Gasteiger partial charge in [-0.25, -0.2) is 0 Å². The summed E-state index contributed by atoms with van der Waals surface area (Å²) in [7, 11) is 0. The first kappa shape index (κ1) is 13.7. The molecule has 2 aromatic rings. The van der Waals surface area contributed by atoms with Crippen LogP contribution in [0.15, 0.2) is 18.3 Å². The van der Waals surface area contributed by atoms with E-state index in [0.717, 1.165) is 5.52 Å². The molecule has 0 radical (unpaired) electrons. The van der Waals surface area contributed by atoms with Gasteiger partial charge in [0.1, 0.15) is 0 Å². The van der Waals surface area contributed by atoms with Crippen molar-refractivity contribution < 1.29 is 0 Å². The maximum absolute atomic E-state index is 3.98.